The molecule has 1 heterocycles. The van der Waals surface area contributed by atoms with Gasteiger partial charge < -0.3 is 4.74 Å². The molecular weight excluding hydrogens is 440 g/mol. The summed E-state index contributed by atoms with van der Waals surface area (Å²) in [6.45, 7) is 4.55. The van der Waals surface area contributed by atoms with Crippen LogP contribution in [0.5, 0.6) is 5.75 Å². The van der Waals surface area contributed by atoms with Gasteiger partial charge in [0.15, 0.2) is 0 Å². The molecule has 6 nitrogen and oxygen atoms in total. The average Bonchev–Trinajstić information content (AvgIpc) is 2.79. The number of halogens is 1. The van der Waals surface area contributed by atoms with Crippen LogP contribution >= 0.6 is 11.6 Å². The monoisotopic (exact) mass is 460 g/mol. The minimum Gasteiger partial charge on any atom is -0.489 e. The lowest BCUT2D eigenvalue weighted by Gasteiger charge is -2.27. The highest BCUT2D eigenvalue weighted by Gasteiger charge is 2.37. The number of benzene rings is 3. The predicted octanol–water partition coefficient (Wildman–Crippen LogP) is 5.20. The fourth-order valence-electron chi connectivity index (χ4n) is 3.40. The first-order chi connectivity index (χ1) is 15.8. The van der Waals surface area contributed by atoms with Gasteiger partial charge in [-0.3, -0.25) is 14.9 Å². The Morgan fingerprint density at radius 1 is 0.939 bits per heavy atom. The molecule has 0 saturated carbocycles. The first kappa shape index (κ1) is 22.3. The van der Waals surface area contributed by atoms with Crippen LogP contribution in [0, 0.1) is 13.8 Å². The molecule has 1 aliphatic rings. The number of urea groups is 1. The number of amides is 4. The molecule has 7 heteroatoms. The van der Waals surface area contributed by atoms with Crippen LogP contribution in [0.3, 0.4) is 0 Å². The molecule has 0 bridgehead atoms. The van der Waals surface area contributed by atoms with E-state index in [2.05, 4.69) is 31.3 Å². The van der Waals surface area contributed by atoms with Gasteiger partial charge in [0.1, 0.15) is 17.9 Å². The number of nitrogens with zero attached hydrogens (tertiary/aromatic N) is 1. The summed E-state index contributed by atoms with van der Waals surface area (Å²) in [6.07, 6.45) is 1.43. The predicted molar refractivity (Wildman–Crippen MR) is 127 cm³/mol. The molecule has 0 radical (unpaired) electrons. The number of rotatable bonds is 5. The summed E-state index contributed by atoms with van der Waals surface area (Å²) < 4.78 is 5.84. The van der Waals surface area contributed by atoms with Gasteiger partial charge in [0, 0.05) is 0 Å². The van der Waals surface area contributed by atoms with E-state index in [4.69, 9.17) is 16.3 Å². The van der Waals surface area contributed by atoms with E-state index in [0.717, 1.165) is 10.5 Å². The van der Waals surface area contributed by atoms with Gasteiger partial charge in [-0.1, -0.05) is 54.1 Å². The Kier molecular flexibility index (Phi) is 6.29. The van der Waals surface area contributed by atoms with Gasteiger partial charge in [-0.05, 0) is 66.4 Å². The van der Waals surface area contributed by atoms with Crippen molar-refractivity contribution in [1.82, 2.24) is 5.32 Å². The molecule has 0 atom stereocenters. The fraction of sp³-hybridized carbons (Fsp3) is 0.115. The molecule has 3 aromatic carbocycles. The molecular formula is C26H21ClN2O4. The molecule has 0 aliphatic carbocycles. The minimum absolute atomic E-state index is 0.168. The summed E-state index contributed by atoms with van der Waals surface area (Å²) in [5.74, 6) is -0.849. The molecule has 4 amide bonds. The van der Waals surface area contributed by atoms with E-state index in [9.17, 15) is 14.4 Å². The van der Waals surface area contributed by atoms with Crippen molar-refractivity contribution in [2.24, 2.45) is 0 Å². The van der Waals surface area contributed by atoms with Gasteiger partial charge in [-0.15, -0.1) is 0 Å². The third-order valence-corrected chi connectivity index (χ3v) is 5.68. The van der Waals surface area contributed by atoms with Crippen molar-refractivity contribution < 1.29 is 19.1 Å². The third-order valence-electron chi connectivity index (χ3n) is 5.36. The van der Waals surface area contributed by atoms with Crippen molar-refractivity contribution in [3.05, 3.63) is 99.6 Å². The number of anilines is 1. The highest BCUT2D eigenvalue weighted by Crippen LogP contribution is 2.29. The van der Waals surface area contributed by atoms with Crippen LogP contribution in [0.4, 0.5) is 10.5 Å². The Bertz CT molecular complexity index is 1280. The average molecular weight is 461 g/mol. The Balaban J connectivity index is 1.52. The quantitative estimate of drug-likeness (QED) is 0.419. The number of hydrogen-bond donors (Lipinski definition) is 1. The molecule has 0 aromatic heterocycles. The van der Waals surface area contributed by atoms with Crippen LogP contribution in [-0.4, -0.2) is 17.8 Å². The van der Waals surface area contributed by atoms with Crippen molar-refractivity contribution >= 4 is 41.2 Å². The molecule has 1 N–H and O–H groups in total. The topological polar surface area (TPSA) is 75.7 Å². The van der Waals surface area contributed by atoms with E-state index in [0.29, 0.717) is 17.9 Å². The summed E-state index contributed by atoms with van der Waals surface area (Å²) in [5.41, 5.74) is 4.15. The zero-order chi connectivity index (χ0) is 23.5. The number of carbonyl (C=O) groups is 3. The smallest absolute Gasteiger partial charge is 0.335 e. The third kappa shape index (κ3) is 4.81. The maximum absolute atomic E-state index is 13.0. The van der Waals surface area contributed by atoms with Crippen molar-refractivity contribution in [1.29, 1.82) is 0 Å². The fourth-order valence-corrected chi connectivity index (χ4v) is 3.62. The summed E-state index contributed by atoms with van der Waals surface area (Å²) in [4.78, 5) is 38.5. The SMILES string of the molecule is Cc1ccc(COc2ccc(/C=C3\C(=O)NC(=O)N(c4ccccc4Cl)C3=O)cc2)cc1C. The standard InChI is InChI=1S/C26H21ClN2O4/c1-16-7-8-19(13-17(16)2)15-33-20-11-9-18(10-12-20)14-21-24(30)28-26(32)29(25(21)31)23-6-4-3-5-22(23)27/h3-14H,15H2,1-2H3,(H,28,30,32)/b21-14+. The van der Waals surface area contributed by atoms with Gasteiger partial charge in [0.25, 0.3) is 11.8 Å². The molecule has 166 valence electrons. The lowest BCUT2D eigenvalue weighted by Crippen LogP contribution is -2.54. The lowest BCUT2D eigenvalue weighted by atomic mass is 10.1. The van der Waals surface area contributed by atoms with Gasteiger partial charge in [0.05, 0.1) is 10.7 Å². The van der Waals surface area contributed by atoms with Crippen LogP contribution in [0.1, 0.15) is 22.3 Å². The summed E-state index contributed by atoms with van der Waals surface area (Å²) in [5, 5.41) is 2.41. The zero-order valence-electron chi connectivity index (χ0n) is 18.1. The van der Waals surface area contributed by atoms with E-state index >= 15 is 0 Å². The van der Waals surface area contributed by atoms with Crippen LogP contribution in [0.2, 0.25) is 5.02 Å². The summed E-state index contributed by atoms with van der Waals surface area (Å²) >= 11 is 6.15. The number of hydrogen-bond acceptors (Lipinski definition) is 4. The molecule has 4 rings (SSSR count). The molecule has 33 heavy (non-hydrogen) atoms. The Morgan fingerprint density at radius 2 is 1.67 bits per heavy atom. The molecule has 0 spiro atoms. The van der Waals surface area contributed by atoms with Crippen molar-refractivity contribution in [2.45, 2.75) is 20.5 Å². The number of para-hydroxylation sites is 1. The van der Waals surface area contributed by atoms with Crippen molar-refractivity contribution in [3.8, 4) is 5.75 Å². The largest absolute Gasteiger partial charge is 0.489 e. The van der Waals surface area contributed by atoms with E-state index in [1.165, 1.54) is 23.3 Å². The first-order valence-electron chi connectivity index (χ1n) is 10.3. The van der Waals surface area contributed by atoms with Crippen LogP contribution in [0.15, 0.2) is 72.3 Å². The Morgan fingerprint density at radius 3 is 2.36 bits per heavy atom. The maximum atomic E-state index is 13.0. The number of barbiturate groups is 1. The lowest BCUT2D eigenvalue weighted by molar-refractivity contribution is -0.122. The molecule has 1 fully saturated rings. The Labute approximate surface area is 196 Å². The van der Waals surface area contributed by atoms with Crippen LogP contribution in [0.25, 0.3) is 6.08 Å². The van der Waals surface area contributed by atoms with Crippen LogP contribution < -0.4 is 15.0 Å². The molecule has 0 unspecified atom stereocenters. The number of nitrogens with one attached hydrogen (secondary N) is 1. The summed E-state index contributed by atoms with van der Waals surface area (Å²) in [6, 6.07) is 18.8. The van der Waals surface area contributed by atoms with Crippen LogP contribution in [-0.2, 0) is 16.2 Å². The van der Waals surface area contributed by atoms with Gasteiger partial charge in [-0.25, -0.2) is 9.69 Å². The Hall–Kier alpha value is -3.90. The normalized spacial score (nSPS) is 15.1. The van der Waals surface area contributed by atoms with Gasteiger partial charge >= 0.3 is 6.03 Å². The van der Waals surface area contributed by atoms with Crippen molar-refractivity contribution in [2.75, 3.05) is 4.90 Å². The first-order valence-corrected chi connectivity index (χ1v) is 10.7. The second-order valence-corrected chi connectivity index (χ2v) is 8.09. The van der Waals surface area contributed by atoms with E-state index in [1.54, 1.807) is 42.5 Å². The maximum Gasteiger partial charge on any atom is 0.335 e. The van der Waals surface area contributed by atoms with E-state index < -0.39 is 17.8 Å². The zero-order valence-corrected chi connectivity index (χ0v) is 18.8. The van der Waals surface area contributed by atoms with Crippen molar-refractivity contribution in [3.63, 3.8) is 0 Å². The number of ether oxygens (including phenoxy) is 1. The van der Waals surface area contributed by atoms with Gasteiger partial charge in [0.2, 0.25) is 0 Å². The molecule has 1 saturated heterocycles. The highest BCUT2D eigenvalue weighted by atomic mass is 35.5. The highest BCUT2D eigenvalue weighted by molar-refractivity contribution is 6.42. The van der Waals surface area contributed by atoms with Gasteiger partial charge in [-0.2, -0.15) is 0 Å². The number of imide groups is 2. The second-order valence-electron chi connectivity index (χ2n) is 7.69. The molecule has 1 aliphatic heterocycles. The minimum atomic E-state index is -0.842. The second kappa shape index (κ2) is 9.30. The van der Waals surface area contributed by atoms with E-state index in [1.807, 2.05) is 6.07 Å². The molecule has 3 aromatic rings. The number of carbonyl (C=O) groups excluding carboxylic acids is 3. The van der Waals surface area contributed by atoms with E-state index in [-0.39, 0.29) is 16.3 Å². The number of aryl methyl sites for hydroxylation is 2. The summed E-state index contributed by atoms with van der Waals surface area (Å²) in [7, 11) is 0.